The highest BCUT2D eigenvalue weighted by molar-refractivity contribution is 9.10. The zero-order valence-electron chi connectivity index (χ0n) is 21.6. The quantitative estimate of drug-likeness (QED) is 0.158. The van der Waals surface area contributed by atoms with E-state index < -0.39 is 67.5 Å². The minimum atomic E-state index is -1.35. The van der Waals surface area contributed by atoms with Crippen LogP contribution in [0.15, 0.2) is 12.2 Å². The van der Waals surface area contributed by atoms with Crippen LogP contribution in [-0.2, 0) is 42.9 Å². The van der Waals surface area contributed by atoms with E-state index in [9.17, 15) is 19.2 Å². The number of amides is 1. The molecule has 0 aromatic rings. The predicted octanol–water partition coefficient (Wildman–Crippen LogP) is 3.31. The van der Waals surface area contributed by atoms with Crippen LogP contribution in [0, 0.1) is 0 Å². The number of esters is 3. The number of hydrogen-bond donors (Lipinski definition) is 1. The van der Waals surface area contributed by atoms with Crippen LogP contribution >= 0.6 is 47.8 Å². The van der Waals surface area contributed by atoms with Gasteiger partial charge in [-0.25, -0.2) is 0 Å². The second kappa shape index (κ2) is 12.7. The molecule has 0 spiro atoms. The lowest BCUT2D eigenvalue weighted by molar-refractivity contribution is -0.298. The van der Waals surface area contributed by atoms with Crippen molar-refractivity contribution in [2.45, 2.75) is 92.1 Å². The Morgan fingerprint density at radius 1 is 0.806 bits per heavy atom. The first kappa shape index (κ1) is 33.0. The second-order valence-corrected chi connectivity index (χ2v) is 15.7. The van der Waals surface area contributed by atoms with Crippen molar-refractivity contribution in [1.82, 2.24) is 5.32 Å². The number of carbonyl (C=O) groups is 4. The highest BCUT2D eigenvalue weighted by Crippen LogP contribution is 2.33. The van der Waals surface area contributed by atoms with Gasteiger partial charge in [0.25, 0.3) is 0 Å². The molecule has 1 rings (SSSR count). The SMILES string of the molecule is C=C(C)C(=O)NCC1OC(OC)C(OC(=O)C(C)(C)Br)C(OC(=O)C(C)(C)Br)C1OC(=O)C(C)(C)Br. The van der Waals surface area contributed by atoms with Crippen molar-refractivity contribution >= 4 is 71.6 Å². The lowest BCUT2D eigenvalue weighted by atomic mass is 9.97. The minimum absolute atomic E-state index is 0.150. The molecule has 1 amide bonds. The molecule has 1 fully saturated rings. The second-order valence-electron chi connectivity index (χ2n) is 9.80. The Bertz CT molecular complexity index is 858. The number of rotatable bonds is 10. The van der Waals surface area contributed by atoms with Crippen molar-refractivity contribution in [2.75, 3.05) is 13.7 Å². The number of nitrogens with one attached hydrogen (secondary N) is 1. The number of hydrogen-bond acceptors (Lipinski definition) is 9. The minimum Gasteiger partial charge on any atom is -0.454 e. The summed E-state index contributed by atoms with van der Waals surface area (Å²) in [6.07, 6.45) is -6.22. The molecule has 0 aliphatic carbocycles. The molecule has 1 aliphatic heterocycles. The van der Waals surface area contributed by atoms with Crippen LogP contribution in [-0.4, -0.2) is 81.1 Å². The molecule has 1 saturated heterocycles. The number of carbonyl (C=O) groups excluding carboxylic acids is 4. The van der Waals surface area contributed by atoms with E-state index in [4.69, 9.17) is 23.7 Å². The van der Waals surface area contributed by atoms with Gasteiger partial charge in [-0.15, -0.1) is 0 Å². The van der Waals surface area contributed by atoms with Crippen LogP contribution < -0.4 is 5.32 Å². The van der Waals surface area contributed by atoms with Crippen LogP contribution in [0.4, 0.5) is 0 Å². The topological polar surface area (TPSA) is 126 Å². The molecule has 5 atom stereocenters. The smallest absolute Gasteiger partial charge is 0.322 e. The van der Waals surface area contributed by atoms with Gasteiger partial charge in [-0.1, -0.05) is 54.4 Å². The molecular formula is C23H34Br3NO9. The Morgan fingerprint density at radius 3 is 1.56 bits per heavy atom. The first-order valence-electron chi connectivity index (χ1n) is 11.0. The Balaban J connectivity index is 3.57. The largest absolute Gasteiger partial charge is 0.454 e. The molecule has 0 aromatic heterocycles. The number of methoxy groups -OCH3 is 1. The van der Waals surface area contributed by atoms with Gasteiger partial charge in [0.15, 0.2) is 24.6 Å². The van der Waals surface area contributed by atoms with E-state index >= 15 is 0 Å². The van der Waals surface area contributed by atoms with Crippen molar-refractivity contribution in [1.29, 1.82) is 0 Å². The fourth-order valence-corrected chi connectivity index (χ4v) is 3.05. The summed E-state index contributed by atoms with van der Waals surface area (Å²) < 4.78 is 25.2. The average Bonchev–Trinajstić information content (AvgIpc) is 2.72. The highest BCUT2D eigenvalue weighted by atomic mass is 79.9. The van der Waals surface area contributed by atoms with Gasteiger partial charge in [-0.3, -0.25) is 19.2 Å². The molecule has 0 aromatic carbocycles. The number of ether oxygens (including phenoxy) is 5. The van der Waals surface area contributed by atoms with Crippen molar-refractivity contribution < 1.29 is 42.9 Å². The molecule has 10 nitrogen and oxygen atoms in total. The third kappa shape index (κ3) is 9.38. The maximum absolute atomic E-state index is 12.9. The zero-order chi connectivity index (χ0) is 28.2. The Morgan fingerprint density at radius 2 is 1.19 bits per heavy atom. The van der Waals surface area contributed by atoms with Gasteiger partial charge in [0.1, 0.15) is 19.1 Å². The normalized spacial score (nSPS) is 24.9. The van der Waals surface area contributed by atoms with E-state index in [1.54, 1.807) is 41.5 Å². The van der Waals surface area contributed by atoms with E-state index in [1.165, 1.54) is 14.0 Å². The Labute approximate surface area is 236 Å². The van der Waals surface area contributed by atoms with Crippen LogP contribution in [0.3, 0.4) is 0 Å². The maximum atomic E-state index is 12.9. The molecule has 1 aliphatic rings. The molecule has 36 heavy (non-hydrogen) atoms. The summed E-state index contributed by atoms with van der Waals surface area (Å²) in [5, 5.41) is 2.64. The van der Waals surface area contributed by atoms with Crippen LogP contribution in [0.1, 0.15) is 48.5 Å². The molecule has 206 valence electrons. The van der Waals surface area contributed by atoms with Crippen molar-refractivity contribution in [3.8, 4) is 0 Å². The molecule has 0 bridgehead atoms. The van der Waals surface area contributed by atoms with Crippen LogP contribution in [0.5, 0.6) is 0 Å². The highest BCUT2D eigenvalue weighted by Gasteiger charge is 2.54. The van der Waals surface area contributed by atoms with Gasteiger partial charge < -0.3 is 29.0 Å². The van der Waals surface area contributed by atoms with Gasteiger partial charge in [0.2, 0.25) is 5.91 Å². The summed E-state index contributed by atoms with van der Waals surface area (Å²) in [6, 6.07) is 0. The van der Waals surface area contributed by atoms with E-state index in [0.717, 1.165) is 0 Å². The van der Waals surface area contributed by atoms with Crippen LogP contribution in [0.25, 0.3) is 0 Å². The van der Waals surface area contributed by atoms with E-state index in [-0.39, 0.29) is 12.1 Å². The standard InChI is InChI=1S/C23H34Br3NO9/c1-11(2)16(28)27-10-12-13(34-18(29)21(3,4)24)14(35-19(30)22(5,6)25)15(17(32-9)33-12)36-20(31)23(7,8)26/h12-15,17H,1,10H2,2-9H3,(H,27,28). The molecule has 5 unspecified atom stereocenters. The van der Waals surface area contributed by atoms with Gasteiger partial charge in [0.05, 0.1) is 0 Å². The van der Waals surface area contributed by atoms with E-state index in [0.29, 0.717) is 0 Å². The van der Waals surface area contributed by atoms with E-state index in [2.05, 4.69) is 59.7 Å². The van der Waals surface area contributed by atoms with Gasteiger partial charge >= 0.3 is 17.9 Å². The molecular weight excluding hydrogens is 674 g/mol. The first-order chi connectivity index (χ1) is 16.2. The lowest BCUT2D eigenvalue weighted by Gasteiger charge is -2.45. The summed E-state index contributed by atoms with van der Waals surface area (Å²) >= 11 is 9.75. The van der Waals surface area contributed by atoms with Crippen molar-refractivity contribution in [3.05, 3.63) is 12.2 Å². The van der Waals surface area contributed by atoms with Gasteiger partial charge in [0, 0.05) is 19.2 Å². The third-order valence-electron chi connectivity index (χ3n) is 4.86. The fraction of sp³-hybridized carbons (Fsp3) is 0.739. The maximum Gasteiger partial charge on any atom is 0.322 e. The summed E-state index contributed by atoms with van der Waals surface area (Å²) in [7, 11) is 1.32. The van der Waals surface area contributed by atoms with Crippen molar-refractivity contribution in [2.24, 2.45) is 0 Å². The first-order valence-corrected chi connectivity index (χ1v) is 13.4. The summed E-state index contributed by atoms with van der Waals surface area (Å²) in [5.74, 6) is -2.57. The number of halogens is 3. The van der Waals surface area contributed by atoms with Crippen LogP contribution in [0.2, 0.25) is 0 Å². The lowest BCUT2D eigenvalue weighted by Crippen LogP contribution is -2.65. The predicted molar refractivity (Wildman–Crippen MR) is 142 cm³/mol. The third-order valence-corrected chi connectivity index (χ3v) is 5.83. The van der Waals surface area contributed by atoms with Crippen molar-refractivity contribution in [3.63, 3.8) is 0 Å². The summed E-state index contributed by atoms with van der Waals surface area (Å²) in [5.41, 5.74) is 0.250. The number of alkyl halides is 3. The Hall–Kier alpha value is -1.02. The van der Waals surface area contributed by atoms with Gasteiger partial charge in [-0.2, -0.15) is 0 Å². The van der Waals surface area contributed by atoms with E-state index in [1.807, 2.05) is 0 Å². The summed E-state index contributed by atoms with van der Waals surface area (Å²) in [6.45, 7) is 14.4. The average molecular weight is 708 g/mol. The Kier molecular flexibility index (Phi) is 11.6. The molecule has 0 saturated carbocycles. The molecule has 1 N–H and O–H groups in total. The molecule has 13 heteroatoms. The zero-order valence-corrected chi connectivity index (χ0v) is 26.4. The molecule has 1 heterocycles. The fourth-order valence-electron chi connectivity index (χ4n) is 2.77. The molecule has 0 radical (unpaired) electrons. The van der Waals surface area contributed by atoms with Gasteiger partial charge in [-0.05, 0) is 48.5 Å². The summed E-state index contributed by atoms with van der Waals surface area (Å²) in [4.78, 5) is 50.7. The monoisotopic (exact) mass is 705 g/mol.